The number of nitriles is 1. The molecule has 2 aliphatic rings. The van der Waals surface area contributed by atoms with Crippen molar-refractivity contribution in [2.75, 3.05) is 34.4 Å². The Morgan fingerprint density at radius 2 is 1.97 bits per heavy atom. The third-order valence-electron chi connectivity index (χ3n) is 6.00. The van der Waals surface area contributed by atoms with Crippen LogP contribution in [0.1, 0.15) is 42.1 Å². The predicted molar refractivity (Wildman–Crippen MR) is 109 cm³/mol. The quantitative estimate of drug-likeness (QED) is 0.695. The minimum absolute atomic E-state index is 0.0404. The molecule has 162 valence electrons. The largest absolute Gasteiger partial charge is 0.491 e. The fraction of sp³-hybridized carbons (Fsp3) is 0.591. The minimum atomic E-state index is -0.690. The van der Waals surface area contributed by atoms with E-state index in [2.05, 4.69) is 6.07 Å². The molecule has 8 heteroatoms. The summed E-state index contributed by atoms with van der Waals surface area (Å²) in [4.78, 5) is 29.1. The van der Waals surface area contributed by atoms with Crippen molar-refractivity contribution in [2.24, 2.45) is 0 Å². The molecule has 0 aromatic heterocycles. The van der Waals surface area contributed by atoms with Crippen molar-refractivity contribution in [1.82, 2.24) is 9.80 Å². The Balaban J connectivity index is 1.96. The Morgan fingerprint density at radius 1 is 1.20 bits per heavy atom. The molecule has 0 spiro atoms. The lowest BCUT2D eigenvalue weighted by Crippen LogP contribution is -2.52. The van der Waals surface area contributed by atoms with E-state index in [1.165, 1.54) is 4.90 Å². The Labute approximate surface area is 177 Å². The highest BCUT2D eigenvalue weighted by atomic mass is 16.5. The number of ether oxygens (including phenoxy) is 3. The summed E-state index contributed by atoms with van der Waals surface area (Å²) in [7, 11) is 4.95. The van der Waals surface area contributed by atoms with Crippen LogP contribution in [-0.2, 0) is 14.3 Å². The van der Waals surface area contributed by atoms with Crippen LogP contribution in [0.25, 0.3) is 0 Å². The summed E-state index contributed by atoms with van der Waals surface area (Å²) in [6.45, 7) is 2.40. The molecule has 1 fully saturated rings. The van der Waals surface area contributed by atoms with Crippen LogP contribution in [0.3, 0.4) is 0 Å². The van der Waals surface area contributed by atoms with Gasteiger partial charge in [-0.15, -0.1) is 0 Å². The first-order valence-electron chi connectivity index (χ1n) is 10.2. The molecule has 0 aliphatic carbocycles. The van der Waals surface area contributed by atoms with Gasteiger partial charge < -0.3 is 24.0 Å². The molecular weight excluding hydrogens is 386 g/mol. The number of amides is 2. The lowest BCUT2D eigenvalue weighted by molar-refractivity contribution is -0.152. The molecule has 4 atom stereocenters. The molecule has 1 saturated heterocycles. The van der Waals surface area contributed by atoms with Crippen molar-refractivity contribution in [1.29, 1.82) is 5.26 Å². The summed E-state index contributed by atoms with van der Waals surface area (Å²) in [5.41, 5.74) is 0.567. The van der Waals surface area contributed by atoms with Crippen LogP contribution >= 0.6 is 0 Å². The average molecular weight is 415 g/mol. The zero-order valence-electron chi connectivity index (χ0n) is 18.0. The van der Waals surface area contributed by atoms with Gasteiger partial charge in [-0.1, -0.05) is 6.07 Å². The first kappa shape index (κ1) is 22.1. The third kappa shape index (κ3) is 4.42. The smallest absolute Gasteiger partial charge is 0.258 e. The SMILES string of the molecule is CO[C@@H]1CC[C@@H]2CCOc3c(C#N)cccc3C(=O)N(C)[C@@H](C)C(=O)N(C)C[C@H]1O2. The molecule has 0 N–H and O–H groups in total. The molecule has 2 aliphatic heterocycles. The number of rotatable bonds is 1. The molecule has 1 aromatic rings. The number of hydrogen-bond donors (Lipinski definition) is 0. The predicted octanol–water partition coefficient (Wildman–Crippen LogP) is 1.82. The zero-order valence-corrected chi connectivity index (χ0v) is 18.0. The topological polar surface area (TPSA) is 92.1 Å². The first-order valence-corrected chi connectivity index (χ1v) is 10.2. The van der Waals surface area contributed by atoms with E-state index in [1.54, 1.807) is 51.2 Å². The Morgan fingerprint density at radius 3 is 2.67 bits per heavy atom. The molecule has 1 aromatic carbocycles. The highest BCUT2D eigenvalue weighted by molar-refractivity contribution is 6.00. The average Bonchev–Trinajstić information content (AvgIpc) is 2.76. The van der Waals surface area contributed by atoms with Gasteiger partial charge in [0.05, 0.1) is 29.9 Å². The summed E-state index contributed by atoms with van der Waals surface area (Å²) in [6, 6.07) is 6.29. The van der Waals surface area contributed by atoms with E-state index < -0.39 is 6.04 Å². The van der Waals surface area contributed by atoms with E-state index in [0.717, 1.165) is 12.8 Å². The normalized spacial score (nSPS) is 28.2. The van der Waals surface area contributed by atoms with Crippen molar-refractivity contribution in [3.05, 3.63) is 29.3 Å². The van der Waals surface area contributed by atoms with Crippen LogP contribution in [0.2, 0.25) is 0 Å². The number of nitrogens with zero attached hydrogens (tertiary/aromatic N) is 3. The van der Waals surface area contributed by atoms with Crippen LogP contribution in [0.4, 0.5) is 0 Å². The number of methoxy groups -OCH3 is 1. The monoisotopic (exact) mass is 415 g/mol. The zero-order chi connectivity index (χ0) is 21.8. The van der Waals surface area contributed by atoms with Crippen LogP contribution in [-0.4, -0.2) is 80.3 Å². The molecule has 0 saturated carbocycles. The van der Waals surface area contributed by atoms with E-state index in [9.17, 15) is 14.9 Å². The maximum Gasteiger partial charge on any atom is 0.258 e. The second kappa shape index (κ2) is 9.45. The standard InChI is InChI=1S/C22H29N3O5/c1-14-21(26)24(2)13-19-18(28-4)9-8-16(30-19)10-11-29-20-15(12-23)6-5-7-17(20)22(27)25(14)3/h5-7,14,16,18-19H,8-11,13H2,1-4H3/t14-,16+,18+,19+/m0/s1. The van der Waals surface area contributed by atoms with E-state index in [1.807, 2.05) is 0 Å². The molecule has 0 radical (unpaired) electrons. The second-order valence-corrected chi connectivity index (χ2v) is 7.89. The van der Waals surface area contributed by atoms with Gasteiger partial charge in [-0.3, -0.25) is 9.59 Å². The first-order chi connectivity index (χ1) is 14.4. The van der Waals surface area contributed by atoms with Gasteiger partial charge in [0.2, 0.25) is 5.91 Å². The van der Waals surface area contributed by atoms with Crippen LogP contribution in [0.5, 0.6) is 5.75 Å². The van der Waals surface area contributed by atoms with E-state index in [4.69, 9.17) is 14.2 Å². The Kier molecular flexibility index (Phi) is 6.95. The Hall–Kier alpha value is -2.63. The summed E-state index contributed by atoms with van der Waals surface area (Å²) >= 11 is 0. The van der Waals surface area contributed by atoms with Gasteiger partial charge in [0.25, 0.3) is 5.91 Å². The number of hydrogen-bond acceptors (Lipinski definition) is 6. The van der Waals surface area contributed by atoms with Gasteiger partial charge >= 0.3 is 0 Å². The lowest BCUT2D eigenvalue weighted by atomic mass is 9.98. The number of likely N-dealkylation sites (N-methyl/N-ethyl adjacent to an activating group) is 2. The van der Waals surface area contributed by atoms with Crippen molar-refractivity contribution in [3.8, 4) is 11.8 Å². The molecular formula is C22H29N3O5. The summed E-state index contributed by atoms with van der Waals surface area (Å²) in [5.74, 6) is -0.300. The van der Waals surface area contributed by atoms with Crippen molar-refractivity contribution >= 4 is 11.8 Å². The third-order valence-corrected chi connectivity index (χ3v) is 6.00. The van der Waals surface area contributed by atoms with Gasteiger partial charge in [-0.05, 0) is 31.9 Å². The molecule has 2 amide bonds. The fourth-order valence-electron chi connectivity index (χ4n) is 4.03. The number of fused-ring (bicyclic) bond motifs is 3. The van der Waals surface area contributed by atoms with Gasteiger partial charge in [0, 0.05) is 34.2 Å². The summed E-state index contributed by atoms with van der Waals surface area (Å²) in [6.07, 6.45) is 1.89. The van der Waals surface area contributed by atoms with Crippen LogP contribution in [0.15, 0.2) is 18.2 Å². The summed E-state index contributed by atoms with van der Waals surface area (Å²) in [5, 5.41) is 9.49. The number of carbonyl (C=O) groups is 2. The highest BCUT2D eigenvalue weighted by Crippen LogP contribution is 2.28. The maximum atomic E-state index is 13.2. The second-order valence-electron chi connectivity index (χ2n) is 7.89. The van der Waals surface area contributed by atoms with Crippen LogP contribution in [0, 0.1) is 11.3 Å². The summed E-state index contributed by atoms with van der Waals surface area (Å²) < 4.78 is 17.7. The van der Waals surface area contributed by atoms with Gasteiger partial charge in [0.1, 0.15) is 24.0 Å². The fourth-order valence-corrected chi connectivity index (χ4v) is 4.03. The van der Waals surface area contributed by atoms with Crippen molar-refractivity contribution in [2.45, 2.75) is 50.5 Å². The van der Waals surface area contributed by atoms with E-state index in [-0.39, 0.29) is 41.4 Å². The molecule has 0 unspecified atom stereocenters. The van der Waals surface area contributed by atoms with E-state index >= 15 is 0 Å². The van der Waals surface area contributed by atoms with Crippen molar-refractivity contribution < 1.29 is 23.8 Å². The van der Waals surface area contributed by atoms with Crippen LogP contribution < -0.4 is 4.74 Å². The molecule has 2 bridgehead atoms. The molecule has 30 heavy (non-hydrogen) atoms. The van der Waals surface area contributed by atoms with Gasteiger partial charge in [0.15, 0.2) is 0 Å². The number of para-hydroxylation sites is 1. The molecule has 2 heterocycles. The van der Waals surface area contributed by atoms with Gasteiger partial charge in [-0.25, -0.2) is 0 Å². The highest BCUT2D eigenvalue weighted by Gasteiger charge is 2.35. The number of carbonyl (C=O) groups excluding carboxylic acids is 2. The van der Waals surface area contributed by atoms with E-state index in [0.29, 0.717) is 25.1 Å². The minimum Gasteiger partial charge on any atom is -0.491 e. The maximum absolute atomic E-state index is 13.2. The van der Waals surface area contributed by atoms with Crippen molar-refractivity contribution in [3.63, 3.8) is 0 Å². The van der Waals surface area contributed by atoms with Gasteiger partial charge in [-0.2, -0.15) is 5.26 Å². The number of benzene rings is 1. The molecule has 3 rings (SSSR count). The Bertz CT molecular complexity index is 837. The lowest BCUT2D eigenvalue weighted by Gasteiger charge is -2.39. The molecule has 8 nitrogen and oxygen atoms in total.